The molecule has 0 aromatic rings. The number of hydrogen-bond donors (Lipinski definition) is 3. The summed E-state index contributed by atoms with van der Waals surface area (Å²) in [6.07, 6.45) is 6.17. The maximum absolute atomic E-state index is 11.6. The molecule has 106 valence electrons. The van der Waals surface area contributed by atoms with E-state index < -0.39 is 6.04 Å². The Morgan fingerprint density at radius 1 is 1.28 bits per heavy atom. The normalized spacial score (nSPS) is 17.4. The lowest BCUT2D eigenvalue weighted by molar-refractivity contribution is -0.123. The Morgan fingerprint density at radius 2 is 1.89 bits per heavy atom. The first-order chi connectivity index (χ1) is 8.09. The highest BCUT2D eigenvalue weighted by Gasteiger charge is 2.15. The average Bonchev–Trinajstić information content (AvgIpc) is 2.30. The van der Waals surface area contributed by atoms with Crippen molar-refractivity contribution in [1.29, 1.82) is 0 Å². The van der Waals surface area contributed by atoms with Gasteiger partial charge in [0.15, 0.2) is 0 Å². The van der Waals surface area contributed by atoms with E-state index >= 15 is 0 Å². The van der Waals surface area contributed by atoms with Crippen LogP contribution in [0, 0.1) is 0 Å². The van der Waals surface area contributed by atoms with Crippen LogP contribution in [0.1, 0.15) is 45.4 Å². The van der Waals surface area contributed by atoms with Gasteiger partial charge >= 0.3 is 0 Å². The quantitative estimate of drug-likeness (QED) is 0.692. The first kappa shape index (κ1) is 17.2. The van der Waals surface area contributed by atoms with Gasteiger partial charge in [0.1, 0.15) is 0 Å². The zero-order chi connectivity index (χ0) is 12.7. The van der Waals surface area contributed by atoms with Crippen LogP contribution in [-0.2, 0) is 9.59 Å². The summed E-state index contributed by atoms with van der Waals surface area (Å²) in [5, 5.41) is 5.63. The van der Waals surface area contributed by atoms with Crippen molar-refractivity contribution in [3.05, 3.63) is 0 Å². The van der Waals surface area contributed by atoms with Crippen molar-refractivity contribution in [2.45, 2.75) is 57.5 Å². The summed E-state index contributed by atoms with van der Waals surface area (Å²) in [5.74, 6) is -0.197. The molecule has 1 atom stereocenters. The molecule has 0 saturated heterocycles. The van der Waals surface area contributed by atoms with Gasteiger partial charge in [0, 0.05) is 19.0 Å². The molecule has 1 rings (SSSR count). The van der Waals surface area contributed by atoms with E-state index in [-0.39, 0.29) is 24.2 Å². The molecule has 0 bridgehead atoms. The second-order valence-corrected chi connectivity index (χ2v) is 4.73. The molecule has 6 heteroatoms. The van der Waals surface area contributed by atoms with E-state index in [1.54, 1.807) is 6.92 Å². The molecule has 1 aliphatic rings. The highest BCUT2D eigenvalue weighted by Crippen LogP contribution is 2.17. The van der Waals surface area contributed by atoms with E-state index in [2.05, 4.69) is 10.6 Å². The van der Waals surface area contributed by atoms with Crippen LogP contribution in [0.4, 0.5) is 0 Å². The molecule has 1 aliphatic carbocycles. The topological polar surface area (TPSA) is 84.2 Å². The zero-order valence-corrected chi connectivity index (χ0v) is 11.7. The van der Waals surface area contributed by atoms with Gasteiger partial charge in [-0.25, -0.2) is 0 Å². The molecule has 1 saturated carbocycles. The van der Waals surface area contributed by atoms with E-state index in [9.17, 15) is 9.59 Å². The smallest absolute Gasteiger partial charge is 0.236 e. The molecule has 18 heavy (non-hydrogen) atoms. The molecule has 0 radical (unpaired) electrons. The number of nitrogens with two attached hydrogens (primary N) is 1. The molecule has 0 aliphatic heterocycles. The van der Waals surface area contributed by atoms with Crippen LogP contribution in [0.5, 0.6) is 0 Å². The summed E-state index contributed by atoms with van der Waals surface area (Å²) in [6.45, 7) is 1.98. The molecule has 0 aromatic heterocycles. The van der Waals surface area contributed by atoms with E-state index in [0.717, 1.165) is 12.8 Å². The van der Waals surface area contributed by atoms with Crippen molar-refractivity contribution in [2.75, 3.05) is 6.54 Å². The molecule has 2 amide bonds. The van der Waals surface area contributed by atoms with E-state index in [4.69, 9.17) is 5.73 Å². The van der Waals surface area contributed by atoms with Crippen LogP contribution in [0.25, 0.3) is 0 Å². The Balaban J connectivity index is 0.00000289. The fourth-order valence-corrected chi connectivity index (χ4v) is 2.01. The zero-order valence-electron chi connectivity index (χ0n) is 10.9. The Bertz CT molecular complexity index is 266. The number of rotatable bonds is 5. The molecule has 0 heterocycles. The molecule has 5 nitrogen and oxygen atoms in total. The number of carbonyl (C=O) groups excluding carboxylic acids is 2. The second kappa shape index (κ2) is 9.16. The predicted molar refractivity (Wildman–Crippen MR) is 73.5 cm³/mol. The maximum atomic E-state index is 11.6. The summed E-state index contributed by atoms with van der Waals surface area (Å²) < 4.78 is 0. The van der Waals surface area contributed by atoms with Gasteiger partial charge in [0.05, 0.1) is 6.04 Å². The Hall–Kier alpha value is -0.810. The molecule has 0 unspecified atom stereocenters. The van der Waals surface area contributed by atoms with Gasteiger partial charge in [-0.3, -0.25) is 9.59 Å². The minimum atomic E-state index is -0.517. The number of halogens is 1. The summed E-state index contributed by atoms with van der Waals surface area (Å²) in [7, 11) is 0. The molecule has 0 spiro atoms. The van der Waals surface area contributed by atoms with E-state index in [0.29, 0.717) is 19.0 Å². The Kier molecular flexibility index (Phi) is 8.75. The van der Waals surface area contributed by atoms with Crippen LogP contribution >= 0.6 is 12.4 Å². The Morgan fingerprint density at radius 3 is 2.44 bits per heavy atom. The van der Waals surface area contributed by atoms with Crippen molar-refractivity contribution < 1.29 is 9.59 Å². The largest absolute Gasteiger partial charge is 0.354 e. The summed E-state index contributed by atoms with van der Waals surface area (Å²) in [5.41, 5.74) is 5.39. The standard InChI is InChI=1S/C12H23N3O2.ClH/c1-9(13)12(17)14-8-7-11(16)15-10-5-3-2-4-6-10;/h9-10H,2-8,13H2,1H3,(H,14,17)(H,15,16);1H/t9-;/m1./s1. The third kappa shape index (κ3) is 6.81. The minimum Gasteiger partial charge on any atom is -0.354 e. The second-order valence-electron chi connectivity index (χ2n) is 4.73. The highest BCUT2D eigenvalue weighted by atomic mass is 35.5. The lowest BCUT2D eigenvalue weighted by Crippen LogP contribution is -2.41. The number of amides is 2. The monoisotopic (exact) mass is 277 g/mol. The van der Waals surface area contributed by atoms with E-state index in [1.807, 2.05) is 0 Å². The number of carbonyl (C=O) groups is 2. The van der Waals surface area contributed by atoms with Crippen LogP contribution < -0.4 is 16.4 Å². The highest BCUT2D eigenvalue weighted by molar-refractivity contribution is 5.85. The third-order valence-corrected chi connectivity index (χ3v) is 3.04. The van der Waals surface area contributed by atoms with Crippen LogP contribution in [-0.4, -0.2) is 30.4 Å². The Labute approximate surface area is 115 Å². The number of nitrogens with one attached hydrogen (secondary N) is 2. The van der Waals surface area contributed by atoms with Gasteiger partial charge < -0.3 is 16.4 Å². The van der Waals surface area contributed by atoms with Gasteiger partial charge in [0.25, 0.3) is 0 Å². The number of hydrogen-bond acceptors (Lipinski definition) is 3. The average molecular weight is 278 g/mol. The van der Waals surface area contributed by atoms with Crippen molar-refractivity contribution in [3.63, 3.8) is 0 Å². The first-order valence-electron chi connectivity index (χ1n) is 6.42. The molecule has 1 fully saturated rings. The van der Waals surface area contributed by atoms with Gasteiger partial charge in [-0.1, -0.05) is 19.3 Å². The summed E-state index contributed by atoms with van der Waals surface area (Å²) >= 11 is 0. The SMILES string of the molecule is C[C@@H](N)C(=O)NCCC(=O)NC1CCCCC1.Cl. The maximum Gasteiger partial charge on any atom is 0.236 e. The first-order valence-corrected chi connectivity index (χ1v) is 6.42. The molecular formula is C12H24ClN3O2. The molecular weight excluding hydrogens is 254 g/mol. The van der Waals surface area contributed by atoms with Crippen LogP contribution in [0.2, 0.25) is 0 Å². The van der Waals surface area contributed by atoms with Gasteiger partial charge in [-0.2, -0.15) is 0 Å². The summed E-state index contributed by atoms with van der Waals surface area (Å²) in [4.78, 5) is 22.7. The van der Waals surface area contributed by atoms with Crippen molar-refractivity contribution in [1.82, 2.24) is 10.6 Å². The van der Waals surface area contributed by atoms with Crippen molar-refractivity contribution in [2.24, 2.45) is 5.73 Å². The van der Waals surface area contributed by atoms with Gasteiger partial charge in [0.2, 0.25) is 11.8 Å². The summed E-state index contributed by atoms with van der Waals surface area (Å²) in [6, 6.07) is -0.184. The minimum absolute atomic E-state index is 0. The molecule has 4 N–H and O–H groups in total. The lowest BCUT2D eigenvalue weighted by atomic mass is 9.95. The fraction of sp³-hybridized carbons (Fsp3) is 0.833. The van der Waals surface area contributed by atoms with Crippen molar-refractivity contribution in [3.8, 4) is 0 Å². The van der Waals surface area contributed by atoms with Crippen LogP contribution in [0.15, 0.2) is 0 Å². The van der Waals surface area contributed by atoms with Gasteiger partial charge in [-0.15, -0.1) is 12.4 Å². The fourth-order valence-electron chi connectivity index (χ4n) is 2.01. The van der Waals surface area contributed by atoms with Crippen molar-refractivity contribution >= 4 is 24.2 Å². The lowest BCUT2D eigenvalue weighted by Gasteiger charge is -2.22. The van der Waals surface area contributed by atoms with Crippen LogP contribution in [0.3, 0.4) is 0 Å². The molecule has 0 aromatic carbocycles. The third-order valence-electron chi connectivity index (χ3n) is 3.04. The van der Waals surface area contributed by atoms with Gasteiger partial charge in [-0.05, 0) is 19.8 Å². The predicted octanol–water partition coefficient (Wildman–Crippen LogP) is 0.711. The van der Waals surface area contributed by atoms with E-state index in [1.165, 1.54) is 19.3 Å².